The van der Waals surface area contributed by atoms with Gasteiger partial charge in [0.2, 0.25) is 5.91 Å². The summed E-state index contributed by atoms with van der Waals surface area (Å²) in [6, 6.07) is 19.2. The second-order valence-corrected chi connectivity index (χ2v) is 10.7. The molecule has 6 nitrogen and oxygen atoms in total. The molecule has 1 N–H and O–H groups in total. The molecule has 0 fully saturated rings. The minimum Gasteiger partial charge on any atom is -0.326 e. The number of aryl methyl sites for hydroxylation is 2. The van der Waals surface area contributed by atoms with Gasteiger partial charge in [-0.2, -0.15) is 10.1 Å². The van der Waals surface area contributed by atoms with Crippen LogP contribution >= 0.6 is 23.4 Å². The van der Waals surface area contributed by atoms with Gasteiger partial charge in [-0.1, -0.05) is 53.7 Å². The summed E-state index contributed by atoms with van der Waals surface area (Å²) in [6.07, 6.45) is 0.538. The maximum atomic E-state index is 13.5. The van der Waals surface area contributed by atoms with Crippen molar-refractivity contribution in [3.8, 4) is 0 Å². The number of aliphatic imine (C=N–C) groups is 1. The fourth-order valence-corrected chi connectivity index (χ4v) is 5.67. The first kappa shape index (κ1) is 25.2. The molecule has 2 heterocycles. The highest BCUT2D eigenvalue weighted by Gasteiger charge is 2.39. The highest BCUT2D eigenvalue weighted by atomic mass is 35.5. The van der Waals surface area contributed by atoms with Gasteiger partial charge in [0.15, 0.2) is 5.17 Å². The summed E-state index contributed by atoms with van der Waals surface area (Å²) in [4.78, 5) is 29.8. The molecule has 3 aromatic rings. The molecule has 0 aromatic heterocycles. The zero-order chi connectivity index (χ0) is 26.1. The Morgan fingerprint density at radius 3 is 2.43 bits per heavy atom. The number of nitrogens with one attached hydrogen (secondary N) is 1. The van der Waals surface area contributed by atoms with Gasteiger partial charge in [0.05, 0.1) is 11.8 Å². The summed E-state index contributed by atoms with van der Waals surface area (Å²) < 4.78 is 13.5. The van der Waals surface area contributed by atoms with Crippen LogP contribution in [0.5, 0.6) is 0 Å². The van der Waals surface area contributed by atoms with Gasteiger partial charge >= 0.3 is 0 Å². The number of thioether (sulfide) groups is 1. The van der Waals surface area contributed by atoms with E-state index in [0.717, 1.165) is 28.0 Å². The van der Waals surface area contributed by atoms with Crippen LogP contribution < -0.4 is 5.32 Å². The number of anilines is 1. The third-order valence-corrected chi connectivity index (χ3v) is 7.54. The fourth-order valence-electron chi connectivity index (χ4n) is 4.48. The average Bonchev–Trinajstić information content (AvgIpc) is 3.43. The van der Waals surface area contributed by atoms with E-state index >= 15 is 0 Å². The first-order chi connectivity index (χ1) is 17.7. The Kier molecular flexibility index (Phi) is 7.13. The van der Waals surface area contributed by atoms with Crippen LogP contribution in [0.25, 0.3) is 0 Å². The van der Waals surface area contributed by atoms with Crippen LogP contribution in [-0.4, -0.2) is 33.0 Å². The molecular formula is C28H24ClFN4O2S. The van der Waals surface area contributed by atoms with Crippen molar-refractivity contribution in [3.63, 3.8) is 0 Å². The van der Waals surface area contributed by atoms with Crippen molar-refractivity contribution in [2.75, 3.05) is 5.32 Å². The van der Waals surface area contributed by atoms with Crippen molar-refractivity contribution < 1.29 is 14.0 Å². The Hall–Kier alpha value is -3.49. The van der Waals surface area contributed by atoms with E-state index in [1.54, 1.807) is 29.3 Å². The Bertz CT molecular complexity index is 1400. The maximum Gasteiger partial charge on any atom is 0.262 e. The van der Waals surface area contributed by atoms with Crippen LogP contribution in [0.15, 0.2) is 76.8 Å². The molecule has 2 aliphatic heterocycles. The van der Waals surface area contributed by atoms with Gasteiger partial charge in [0.25, 0.3) is 5.91 Å². The monoisotopic (exact) mass is 534 g/mol. The molecule has 0 saturated heterocycles. The van der Waals surface area contributed by atoms with Crippen molar-refractivity contribution in [2.45, 2.75) is 38.0 Å². The Balaban J connectivity index is 1.35. The van der Waals surface area contributed by atoms with E-state index in [0.29, 0.717) is 22.3 Å². The van der Waals surface area contributed by atoms with Gasteiger partial charge in [-0.05, 0) is 72.5 Å². The van der Waals surface area contributed by atoms with Gasteiger partial charge < -0.3 is 5.32 Å². The lowest BCUT2D eigenvalue weighted by atomic mass is 9.99. The number of halogens is 2. The summed E-state index contributed by atoms with van der Waals surface area (Å²) >= 11 is 7.33. The fraction of sp³-hybridized carbons (Fsp3) is 0.214. The minimum absolute atomic E-state index is 0.00251. The van der Waals surface area contributed by atoms with Crippen molar-refractivity contribution in [1.29, 1.82) is 0 Å². The maximum absolute atomic E-state index is 13.5. The van der Waals surface area contributed by atoms with Gasteiger partial charge in [-0.3, -0.25) is 9.59 Å². The second kappa shape index (κ2) is 10.5. The Labute approximate surface area is 223 Å². The number of benzene rings is 3. The zero-order valence-corrected chi connectivity index (χ0v) is 21.8. The van der Waals surface area contributed by atoms with E-state index in [2.05, 4.69) is 10.3 Å². The number of hydrogen-bond acceptors (Lipinski definition) is 5. The lowest BCUT2D eigenvalue weighted by Crippen LogP contribution is -2.25. The molecule has 3 aromatic carbocycles. The van der Waals surface area contributed by atoms with Crippen LogP contribution in [0, 0.1) is 19.7 Å². The third kappa shape index (κ3) is 5.76. The second-order valence-electron chi connectivity index (χ2n) is 9.14. The molecule has 37 heavy (non-hydrogen) atoms. The summed E-state index contributed by atoms with van der Waals surface area (Å²) in [5.41, 5.74) is 5.30. The summed E-state index contributed by atoms with van der Waals surface area (Å²) in [5, 5.41) is 9.80. The number of nitrogens with zero attached hydrogens (tertiary/aromatic N) is 3. The molecule has 188 valence electrons. The van der Waals surface area contributed by atoms with E-state index in [1.165, 1.54) is 23.9 Å². The smallest absolute Gasteiger partial charge is 0.262 e. The predicted molar refractivity (Wildman–Crippen MR) is 147 cm³/mol. The number of rotatable bonds is 5. The Morgan fingerprint density at radius 1 is 1.08 bits per heavy atom. The van der Waals surface area contributed by atoms with Crippen LogP contribution in [0.1, 0.15) is 41.1 Å². The van der Waals surface area contributed by atoms with E-state index < -0.39 is 5.25 Å². The molecule has 0 spiro atoms. The van der Waals surface area contributed by atoms with Gasteiger partial charge in [-0.15, -0.1) is 0 Å². The Morgan fingerprint density at radius 2 is 1.76 bits per heavy atom. The topological polar surface area (TPSA) is 74.1 Å². The number of amidine groups is 1. The van der Waals surface area contributed by atoms with Gasteiger partial charge in [-0.25, -0.2) is 9.40 Å². The minimum atomic E-state index is -0.642. The van der Waals surface area contributed by atoms with E-state index in [-0.39, 0.29) is 30.1 Å². The first-order valence-corrected chi connectivity index (χ1v) is 13.1. The molecule has 0 saturated carbocycles. The standard InChI is InChI=1S/C28H24ClFN4O2S/c1-16-11-17(2)13-22(12-16)31-26(35)15-25-27(36)32-28(37-25)34-24(19-3-7-20(29)8-4-19)14-23(33-34)18-5-9-21(30)10-6-18/h3-13,24-25H,14-15H2,1-2H3,(H,31,35)/t24-,25-/m1/s1. The lowest BCUT2D eigenvalue weighted by molar-refractivity contribution is -0.121. The molecule has 0 unspecified atom stereocenters. The molecule has 0 radical (unpaired) electrons. The highest BCUT2D eigenvalue weighted by molar-refractivity contribution is 8.15. The predicted octanol–water partition coefficient (Wildman–Crippen LogP) is 6.27. The van der Waals surface area contributed by atoms with Crippen molar-refractivity contribution in [3.05, 3.63) is 99.8 Å². The normalized spacial score (nSPS) is 19.1. The largest absolute Gasteiger partial charge is 0.326 e. The molecule has 2 atom stereocenters. The number of amides is 2. The van der Waals surface area contributed by atoms with Crippen LogP contribution in [-0.2, 0) is 9.59 Å². The molecule has 2 amide bonds. The van der Waals surface area contributed by atoms with E-state index in [9.17, 15) is 14.0 Å². The van der Waals surface area contributed by atoms with Crippen molar-refractivity contribution in [1.82, 2.24) is 5.01 Å². The van der Waals surface area contributed by atoms with Crippen LogP contribution in [0.4, 0.5) is 10.1 Å². The van der Waals surface area contributed by atoms with Crippen LogP contribution in [0.3, 0.4) is 0 Å². The summed E-state index contributed by atoms with van der Waals surface area (Å²) in [7, 11) is 0. The molecule has 0 bridgehead atoms. The number of carbonyl (C=O) groups is 2. The molecule has 5 rings (SSSR count). The van der Waals surface area contributed by atoms with E-state index in [4.69, 9.17) is 16.7 Å². The highest BCUT2D eigenvalue weighted by Crippen LogP contribution is 2.39. The summed E-state index contributed by atoms with van der Waals surface area (Å²) in [5.74, 6) is -0.939. The van der Waals surface area contributed by atoms with E-state index in [1.807, 2.05) is 44.2 Å². The van der Waals surface area contributed by atoms with Gasteiger partial charge in [0, 0.05) is 23.6 Å². The SMILES string of the molecule is Cc1cc(C)cc(NC(=O)C[C@H]2SC(N3N=C(c4ccc(F)cc4)C[C@@H]3c3ccc(Cl)cc3)=NC2=O)c1. The molecule has 9 heteroatoms. The first-order valence-electron chi connectivity index (χ1n) is 11.8. The molecule has 0 aliphatic carbocycles. The third-order valence-electron chi connectivity index (χ3n) is 6.14. The number of hydrogen-bond donors (Lipinski definition) is 1. The summed E-state index contributed by atoms with van der Waals surface area (Å²) in [6.45, 7) is 3.93. The van der Waals surface area contributed by atoms with Crippen LogP contribution in [0.2, 0.25) is 5.02 Å². The average molecular weight is 535 g/mol. The van der Waals surface area contributed by atoms with Gasteiger partial charge in [0.1, 0.15) is 11.1 Å². The molecular weight excluding hydrogens is 511 g/mol. The zero-order valence-electron chi connectivity index (χ0n) is 20.2. The number of carbonyl (C=O) groups excluding carboxylic acids is 2. The molecule has 2 aliphatic rings. The van der Waals surface area contributed by atoms with Crippen molar-refractivity contribution in [2.24, 2.45) is 10.1 Å². The number of hydrazone groups is 1. The quantitative estimate of drug-likeness (QED) is 0.418. The van der Waals surface area contributed by atoms with Crippen molar-refractivity contribution >= 4 is 51.7 Å². The lowest BCUT2D eigenvalue weighted by Gasteiger charge is -2.23.